The molecule has 2 N–H and O–H groups in total. The number of hydrogen-bond donors (Lipinski definition) is 2. The molecule has 5 nitrogen and oxygen atoms in total. The van der Waals surface area contributed by atoms with Gasteiger partial charge in [-0.1, -0.05) is 23.8 Å². The lowest BCUT2D eigenvalue weighted by Gasteiger charge is -2.23. The third kappa shape index (κ3) is 3.31. The fraction of sp³-hybridized carbons (Fsp3) is 0.619. The van der Waals surface area contributed by atoms with Crippen LogP contribution in [0.4, 0.5) is 4.79 Å². The highest BCUT2D eigenvalue weighted by Gasteiger charge is 2.46. The molecule has 3 aliphatic rings. The van der Waals surface area contributed by atoms with E-state index in [4.69, 9.17) is 0 Å². The van der Waals surface area contributed by atoms with Crippen molar-refractivity contribution in [3.8, 4) is 0 Å². The Bertz CT molecular complexity index is 726. The van der Waals surface area contributed by atoms with E-state index in [2.05, 4.69) is 42.7 Å². The van der Waals surface area contributed by atoms with Gasteiger partial charge in [-0.3, -0.25) is 4.79 Å². The van der Waals surface area contributed by atoms with Crippen LogP contribution in [0.25, 0.3) is 0 Å². The molecule has 0 aromatic heterocycles. The zero-order chi connectivity index (χ0) is 18.3. The number of carbonyl (C=O) groups is 2. The second kappa shape index (κ2) is 6.60. The number of carbonyl (C=O) groups excluding carboxylic acids is 2. The first kappa shape index (κ1) is 17.4. The predicted molar refractivity (Wildman–Crippen MR) is 101 cm³/mol. The number of aryl methyl sites for hydroxylation is 2. The quantitative estimate of drug-likeness (QED) is 0.876. The molecule has 3 fully saturated rings. The van der Waals surface area contributed by atoms with Gasteiger partial charge >= 0.3 is 6.03 Å². The minimum atomic E-state index is 0.0170. The molecule has 0 radical (unpaired) electrons. The molecule has 1 aromatic carbocycles. The highest BCUT2D eigenvalue weighted by atomic mass is 16.2. The number of fused-ring (bicyclic) bond motifs is 1. The lowest BCUT2D eigenvalue weighted by atomic mass is 9.91. The van der Waals surface area contributed by atoms with E-state index >= 15 is 0 Å². The summed E-state index contributed by atoms with van der Waals surface area (Å²) in [6.45, 7) is 6.38. The van der Waals surface area contributed by atoms with Gasteiger partial charge in [0.25, 0.3) is 0 Å². The van der Waals surface area contributed by atoms with E-state index in [1.54, 1.807) is 0 Å². The SMILES string of the molecule is Cc1ccc(C2(CNC(=O)N3CC4CCCC(=O)NC4C3)CC2)c(C)c1. The van der Waals surface area contributed by atoms with Gasteiger partial charge in [-0.15, -0.1) is 0 Å². The maximum atomic E-state index is 12.7. The van der Waals surface area contributed by atoms with Gasteiger partial charge in [0.2, 0.25) is 5.91 Å². The van der Waals surface area contributed by atoms with Gasteiger partial charge in [0.05, 0.1) is 6.04 Å². The summed E-state index contributed by atoms with van der Waals surface area (Å²) < 4.78 is 0. The minimum Gasteiger partial charge on any atom is -0.351 e. The summed E-state index contributed by atoms with van der Waals surface area (Å²) in [6, 6.07) is 6.77. The Morgan fingerprint density at radius 3 is 2.85 bits per heavy atom. The van der Waals surface area contributed by atoms with Gasteiger partial charge < -0.3 is 15.5 Å². The van der Waals surface area contributed by atoms with Crippen LogP contribution in [0.2, 0.25) is 0 Å². The number of amides is 3. The van der Waals surface area contributed by atoms with Crippen LogP contribution in [0.1, 0.15) is 48.8 Å². The zero-order valence-corrected chi connectivity index (χ0v) is 15.8. The molecule has 3 amide bonds. The van der Waals surface area contributed by atoms with Gasteiger partial charge in [-0.05, 0) is 56.6 Å². The van der Waals surface area contributed by atoms with Gasteiger partial charge in [0.1, 0.15) is 0 Å². The van der Waals surface area contributed by atoms with Crippen LogP contribution in [0.5, 0.6) is 0 Å². The molecule has 2 aliphatic heterocycles. The van der Waals surface area contributed by atoms with Crippen LogP contribution in [0.3, 0.4) is 0 Å². The van der Waals surface area contributed by atoms with E-state index in [9.17, 15) is 9.59 Å². The molecule has 140 valence electrons. The highest BCUT2D eigenvalue weighted by molar-refractivity contribution is 5.78. The van der Waals surface area contributed by atoms with Gasteiger partial charge in [-0.2, -0.15) is 0 Å². The lowest BCUT2D eigenvalue weighted by molar-refractivity contribution is -0.121. The van der Waals surface area contributed by atoms with Crippen molar-refractivity contribution in [1.82, 2.24) is 15.5 Å². The Balaban J connectivity index is 1.36. The molecule has 1 aliphatic carbocycles. The average Bonchev–Trinajstić information content (AvgIpc) is 3.31. The van der Waals surface area contributed by atoms with E-state index in [-0.39, 0.29) is 23.4 Å². The molecule has 1 aromatic rings. The first-order valence-electron chi connectivity index (χ1n) is 9.87. The Hall–Kier alpha value is -2.04. The molecule has 0 bridgehead atoms. The van der Waals surface area contributed by atoms with E-state index in [0.717, 1.165) is 32.2 Å². The van der Waals surface area contributed by atoms with Gasteiger partial charge in [-0.25, -0.2) is 4.79 Å². The number of rotatable bonds is 3. The standard InChI is InChI=1S/C21H29N3O2/c1-14-6-7-17(15(2)10-14)21(8-9-21)13-22-20(26)24-11-16-4-3-5-19(25)23-18(16)12-24/h6-7,10,16,18H,3-5,8-9,11-13H2,1-2H3,(H,22,26)(H,23,25). The fourth-order valence-electron chi connectivity index (χ4n) is 4.75. The van der Waals surface area contributed by atoms with Gasteiger partial charge in [0.15, 0.2) is 0 Å². The summed E-state index contributed by atoms with van der Waals surface area (Å²) in [5.41, 5.74) is 4.10. The van der Waals surface area contributed by atoms with Crippen LogP contribution in [-0.4, -0.2) is 42.5 Å². The Morgan fingerprint density at radius 1 is 1.31 bits per heavy atom. The largest absolute Gasteiger partial charge is 0.351 e. The van der Waals surface area contributed by atoms with Crippen molar-refractivity contribution in [3.05, 3.63) is 34.9 Å². The number of nitrogens with one attached hydrogen (secondary N) is 2. The zero-order valence-electron chi connectivity index (χ0n) is 15.8. The second-order valence-corrected chi connectivity index (χ2v) is 8.49. The molecular formula is C21H29N3O2. The summed E-state index contributed by atoms with van der Waals surface area (Å²) in [5.74, 6) is 0.535. The van der Waals surface area contributed by atoms with E-state index in [0.29, 0.717) is 25.4 Å². The van der Waals surface area contributed by atoms with E-state index < -0.39 is 0 Å². The molecule has 1 saturated carbocycles. The number of hydrogen-bond acceptors (Lipinski definition) is 2. The van der Waals surface area contributed by atoms with Crippen molar-refractivity contribution >= 4 is 11.9 Å². The lowest BCUT2D eigenvalue weighted by Crippen LogP contribution is -2.44. The molecule has 4 rings (SSSR count). The fourth-order valence-corrected chi connectivity index (χ4v) is 4.75. The third-order valence-corrected chi connectivity index (χ3v) is 6.44. The molecular weight excluding hydrogens is 326 g/mol. The average molecular weight is 355 g/mol. The topological polar surface area (TPSA) is 61.4 Å². The maximum absolute atomic E-state index is 12.7. The molecule has 2 unspecified atom stereocenters. The summed E-state index contributed by atoms with van der Waals surface area (Å²) in [6.07, 6.45) is 4.85. The number of benzene rings is 1. The van der Waals surface area contributed by atoms with Crippen molar-refractivity contribution in [2.45, 2.75) is 57.4 Å². The van der Waals surface area contributed by atoms with Crippen LogP contribution >= 0.6 is 0 Å². The Labute approximate surface area is 155 Å². The first-order chi connectivity index (χ1) is 12.5. The monoisotopic (exact) mass is 355 g/mol. The first-order valence-corrected chi connectivity index (χ1v) is 9.87. The number of likely N-dealkylation sites (tertiary alicyclic amines) is 1. The van der Waals surface area contributed by atoms with Crippen molar-refractivity contribution in [3.63, 3.8) is 0 Å². The van der Waals surface area contributed by atoms with E-state index in [1.165, 1.54) is 16.7 Å². The Kier molecular flexibility index (Phi) is 4.41. The summed E-state index contributed by atoms with van der Waals surface area (Å²) in [7, 11) is 0. The van der Waals surface area contributed by atoms with Crippen LogP contribution < -0.4 is 10.6 Å². The summed E-state index contributed by atoms with van der Waals surface area (Å²) in [5, 5.41) is 6.27. The molecule has 2 atom stereocenters. The molecule has 2 saturated heterocycles. The normalized spacial score (nSPS) is 26.7. The second-order valence-electron chi connectivity index (χ2n) is 8.49. The third-order valence-electron chi connectivity index (χ3n) is 6.44. The van der Waals surface area contributed by atoms with Crippen LogP contribution in [-0.2, 0) is 10.2 Å². The molecule has 0 spiro atoms. The Morgan fingerprint density at radius 2 is 2.12 bits per heavy atom. The predicted octanol–water partition coefficient (Wildman–Crippen LogP) is 2.65. The van der Waals surface area contributed by atoms with Crippen molar-refractivity contribution in [2.24, 2.45) is 5.92 Å². The van der Waals surface area contributed by atoms with Crippen LogP contribution in [0.15, 0.2) is 18.2 Å². The van der Waals surface area contributed by atoms with Gasteiger partial charge in [0, 0.05) is 31.5 Å². The van der Waals surface area contributed by atoms with Crippen molar-refractivity contribution < 1.29 is 9.59 Å². The summed E-state index contributed by atoms with van der Waals surface area (Å²) >= 11 is 0. The smallest absolute Gasteiger partial charge is 0.317 e. The number of nitrogens with zero attached hydrogens (tertiary/aromatic N) is 1. The van der Waals surface area contributed by atoms with Crippen LogP contribution in [0, 0.1) is 19.8 Å². The molecule has 2 heterocycles. The summed E-state index contributed by atoms with van der Waals surface area (Å²) in [4.78, 5) is 26.3. The van der Waals surface area contributed by atoms with Crippen molar-refractivity contribution in [1.29, 1.82) is 0 Å². The molecule has 26 heavy (non-hydrogen) atoms. The molecule has 5 heteroatoms. The highest BCUT2D eigenvalue weighted by Crippen LogP contribution is 2.48. The minimum absolute atomic E-state index is 0.0170. The number of urea groups is 1. The van der Waals surface area contributed by atoms with E-state index in [1.807, 2.05) is 4.90 Å². The van der Waals surface area contributed by atoms with Crippen molar-refractivity contribution in [2.75, 3.05) is 19.6 Å². The maximum Gasteiger partial charge on any atom is 0.317 e.